The lowest BCUT2D eigenvalue weighted by Gasteiger charge is -2.34. The molecule has 2 heterocycles. The number of nitrogens with zero attached hydrogens (tertiary/aromatic N) is 2. The summed E-state index contributed by atoms with van der Waals surface area (Å²) in [6, 6.07) is 15.7. The number of rotatable bonds is 7. The molecule has 1 fully saturated rings. The van der Waals surface area contributed by atoms with Crippen LogP contribution < -0.4 is 16.8 Å². The van der Waals surface area contributed by atoms with E-state index in [1.165, 1.54) is 6.42 Å². The number of primary amides is 1. The van der Waals surface area contributed by atoms with E-state index in [2.05, 4.69) is 15.4 Å². The maximum absolute atomic E-state index is 13.3. The standard InChI is InChI=1S/C26H30N4O4/c1-17(28-29-26(27)33)20(16-30-14-8-3-9-15-30)22(18-10-4-2-5-11-18)23-24(31)19-12-6-7-13-21(19)34-25(23)32/h2,4-7,10-13,20,22,31H,3,8-9,14-16H2,1H3,(H3,27,29,33)/b28-17-/t20-,22-/m1/s1. The number of piperidine rings is 1. The summed E-state index contributed by atoms with van der Waals surface area (Å²) in [6.45, 7) is 4.28. The number of aromatic hydroxyl groups is 1. The summed E-state index contributed by atoms with van der Waals surface area (Å²) in [7, 11) is 0. The van der Waals surface area contributed by atoms with Crippen LogP contribution in [0.4, 0.5) is 4.79 Å². The first-order chi connectivity index (χ1) is 16.5. The Bertz CT molecular complexity index is 1230. The lowest BCUT2D eigenvalue weighted by Crippen LogP contribution is -2.40. The van der Waals surface area contributed by atoms with E-state index in [1.807, 2.05) is 30.3 Å². The molecule has 8 heteroatoms. The van der Waals surface area contributed by atoms with Gasteiger partial charge in [-0.2, -0.15) is 5.10 Å². The van der Waals surface area contributed by atoms with Gasteiger partial charge in [0.2, 0.25) is 0 Å². The van der Waals surface area contributed by atoms with Crippen molar-refractivity contribution in [1.82, 2.24) is 10.3 Å². The van der Waals surface area contributed by atoms with Crippen molar-refractivity contribution < 1.29 is 14.3 Å². The first kappa shape index (κ1) is 23.5. The van der Waals surface area contributed by atoms with E-state index in [9.17, 15) is 14.7 Å². The number of amides is 2. The van der Waals surface area contributed by atoms with Gasteiger partial charge in [-0.05, 0) is 50.6 Å². The van der Waals surface area contributed by atoms with E-state index in [1.54, 1.807) is 31.2 Å². The van der Waals surface area contributed by atoms with Crippen molar-refractivity contribution in [2.24, 2.45) is 16.8 Å². The Hall–Kier alpha value is -3.65. The van der Waals surface area contributed by atoms with Gasteiger partial charge in [0.25, 0.3) is 0 Å². The summed E-state index contributed by atoms with van der Waals surface area (Å²) < 4.78 is 5.64. The highest BCUT2D eigenvalue weighted by molar-refractivity contribution is 5.89. The number of nitrogens with one attached hydrogen (secondary N) is 1. The fourth-order valence-electron chi connectivity index (χ4n) is 4.81. The van der Waals surface area contributed by atoms with Gasteiger partial charge in [-0.1, -0.05) is 48.9 Å². The van der Waals surface area contributed by atoms with Gasteiger partial charge < -0.3 is 20.2 Å². The van der Waals surface area contributed by atoms with E-state index in [4.69, 9.17) is 10.2 Å². The van der Waals surface area contributed by atoms with E-state index in [-0.39, 0.29) is 17.2 Å². The van der Waals surface area contributed by atoms with Crippen molar-refractivity contribution in [3.63, 3.8) is 0 Å². The zero-order chi connectivity index (χ0) is 24.1. The number of para-hydroxylation sites is 1. The molecule has 1 aliphatic rings. The second kappa shape index (κ2) is 10.5. The minimum atomic E-state index is -0.764. The molecule has 0 radical (unpaired) electrons. The number of hydrogen-bond acceptors (Lipinski definition) is 6. The molecule has 4 rings (SSSR count). The molecule has 4 N–H and O–H groups in total. The maximum atomic E-state index is 13.3. The van der Waals surface area contributed by atoms with Crippen LogP contribution in [0.5, 0.6) is 5.75 Å². The average Bonchev–Trinajstić information content (AvgIpc) is 2.85. The van der Waals surface area contributed by atoms with E-state index in [0.29, 0.717) is 23.2 Å². The monoisotopic (exact) mass is 462 g/mol. The van der Waals surface area contributed by atoms with Crippen molar-refractivity contribution in [2.75, 3.05) is 19.6 Å². The smallest absolute Gasteiger partial charge is 0.343 e. The molecule has 34 heavy (non-hydrogen) atoms. The Labute approximate surface area is 198 Å². The second-order valence-corrected chi connectivity index (χ2v) is 8.73. The van der Waals surface area contributed by atoms with Gasteiger partial charge in [0.15, 0.2) is 0 Å². The van der Waals surface area contributed by atoms with Gasteiger partial charge in [-0.15, -0.1) is 0 Å². The number of hydrazone groups is 1. The molecule has 8 nitrogen and oxygen atoms in total. The molecule has 0 bridgehead atoms. The van der Waals surface area contributed by atoms with Crippen LogP contribution >= 0.6 is 0 Å². The van der Waals surface area contributed by atoms with Crippen LogP contribution in [0, 0.1) is 5.92 Å². The van der Waals surface area contributed by atoms with Crippen molar-refractivity contribution in [2.45, 2.75) is 32.1 Å². The van der Waals surface area contributed by atoms with E-state index in [0.717, 1.165) is 31.5 Å². The Morgan fingerprint density at radius 2 is 1.79 bits per heavy atom. The van der Waals surface area contributed by atoms with Crippen LogP contribution in [0.15, 0.2) is 68.9 Å². The zero-order valence-electron chi connectivity index (χ0n) is 19.2. The van der Waals surface area contributed by atoms with Gasteiger partial charge in [0, 0.05) is 24.1 Å². The third-order valence-electron chi connectivity index (χ3n) is 6.47. The summed E-state index contributed by atoms with van der Waals surface area (Å²) in [4.78, 5) is 27.0. The molecular formula is C26H30N4O4. The van der Waals surface area contributed by atoms with Crippen LogP contribution in [0.2, 0.25) is 0 Å². The molecule has 0 saturated carbocycles. The van der Waals surface area contributed by atoms with Crippen molar-refractivity contribution in [3.8, 4) is 5.75 Å². The van der Waals surface area contributed by atoms with Gasteiger partial charge in [-0.25, -0.2) is 15.0 Å². The number of benzene rings is 2. The summed E-state index contributed by atoms with van der Waals surface area (Å²) in [6.07, 6.45) is 3.39. The Morgan fingerprint density at radius 1 is 1.12 bits per heavy atom. The summed E-state index contributed by atoms with van der Waals surface area (Å²) in [5.74, 6) is -0.982. The van der Waals surface area contributed by atoms with Crippen LogP contribution in [0.1, 0.15) is 43.2 Å². The van der Waals surface area contributed by atoms with E-state index >= 15 is 0 Å². The minimum Gasteiger partial charge on any atom is -0.507 e. The highest BCUT2D eigenvalue weighted by Gasteiger charge is 2.35. The molecule has 1 aliphatic heterocycles. The number of carbonyl (C=O) groups excluding carboxylic acids is 1. The second-order valence-electron chi connectivity index (χ2n) is 8.73. The highest BCUT2D eigenvalue weighted by atomic mass is 16.4. The number of nitrogens with two attached hydrogens (primary N) is 1. The SMILES string of the molecule is C/C(=N/NC(N)=O)[C@@H](CN1CCCCC1)[C@@H](c1ccccc1)c1c(O)c2ccccc2oc1=O. The number of likely N-dealkylation sites (tertiary alicyclic amines) is 1. The van der Waals surface area contributed by atoms with Crippen LogP contribution in [0.3, 0.4) is 0 Å². The zero-order valence-corrected chi connectivity index (χ0v) is 19.2. The number of carbonyl (C=O) groups is 1. The van der Waals surface area contributed by atoms with Gasteiger partial charge in [0.05, 0.1) is 10.9 Å². The average molecular weight is 463 g/mol. The Morgan fingerprint density at radius 3 is 2.50 bits per heavy atom. The molecule has 1 saturated heterocycles. The molecule has 2 amide bonds. The normalized spacial score (nSPS) is 16.8. The topological polar surface area (TPSA) is 121 Å². The third-order valence-corrected chi connectivity index (χ3v) is 6.47. The first-order valence-electron chi connectivity index (χ1n) is 11.6. The van der Waals surface area contributed by atoms with Crippen molar-refractivity contribution in [1.29, 1.82) is 0 Å². The lowest BCUT2D eigenvalue weighted by molar-refractivity contribution is 0.207. The van der Waals surface area contributed by atoms with Gasteiger partial charge >= 0.3 is 11.7 Å². The fraction of sp³-hybridized carbons (Fsp3) is 0.346. The van der Waals surface area contributed by atoms with E-state index < -0.39 is 17.6 Å². The predicted molar refractivity (Wildman–Crippen MR) is 132 cm³/mol. The molecule has 0 spiro atoms. The van der Waals surface area contributed by atoms with Crippen LogP contribution in [-0.2, 0) is 0 Å². The highest BCUT2D eigenvalue weighted by Crippen LogP contribution is 2.39. The van der Waals surface area contributed by atoms with Crippen molar-refractivity contribution in [3.05, 3.63) is 76.1 Å². The summed E-state index contributed by atoms with van der Waals surface area (Å²) in [5, 5.41) is 16.0. The Kier molecular flexibility index (Phi) is 7.27. The molecule has 2 aromatic carbocycles. The molecule has 0 aliphatic carbocycles. The summed E-state index contributed by atoms with van der Waals surface area (Å²) in [5.41, 5.74) is 8.95. The molecule has 2 atom stereocenters. The molecular weight excluding hydrogens is 432 g/mol. The largest absolute Gasteiger partial charge is 0.507 e. The van der Waals surface area contributed by atoms with Gasteiger partial charge in [-0.3, -0.25) is 0 Å². The minimum absolute atomic E-state index is 0.0972. The maximum Gasteiger partial charge on any atom is 0.343 e. The predicted octanol–water partition coefficient (Wildman–Crippen LogP) is 3.78. The number of urea groups is 1. The third kappa shape index (κ3) is 5.12. The van der Waals surface area contributed by atoms with Crippen molar-refractivity contribution >= 4 is 22.7 Å². The quantitative estimate of drug-likeness (QED) is 0.280. The van der Waals surface area contributed by atoms with Crippen LogP contribution in [0.25, 0.3) is 11.0 Å². The number of hydrogen-bond donors (Lipinski definition) is 3. The molecule has 3 aromatic rings. The first-order valence-corrected chi connectivity index (χ1v) is 11.6. The molecule has 1 aromatic heterocycles. The molecule has 0 unspecified atom stereocenters. The fourth-order valence-corrected chi connectivity index (χ4v) is 4.81. The van der Waals surface area contributed by atoms with Gasteiger partial charge in [0.1, 0.15) is 11.3 Å². The Balaban J connectivity index is 1.90. The lowest BCUT2D eigenvalue weighted by atomic mass is 9.78. The molecule has 178 valence electrons. The summed E-state index contributed by atoms with van der Waals surface area (Å²) >= 11 is 0. The number of fused-ring (bicyclic) bond motifs is 1. The van der Waals surface area contributed by atoms with Crippen LogP contribution in [-0.4, -0.2) is 41.4 Å².